The molecule has 37 heavy (non-hydrogen) atoms. The lowest BCUT2D eigenvalue weighted by molar-refractivity contribution is 0.0472. The van der Waals surface area contributed by atoms with E-state index in [1.807, 2.05) is 18.4 Å². The van der Waals surface area contributed by atoms with Crippen molar-refractivity contribution in [1.29, 1.82) is 5.26 Å². The average Bonchev–Trinajstić information content (AvgIpc) is 3.33. The zero-order chi connectivity index (χ0) is 26.8. The van der Waals surface area contributed by atoms with Gasteiger partial charge in [0.2, 0.25) is 16.0 Å². The average molecular weight is 547 g/mol. The Hall–Kier alpha value is -2.78. The number of rotatable bonds is 5. The van der Waals surface area contributed by atoms with Crippen LogP contribution in [-0.2, 0) is 10.0 Å². The number of anilines is 1. The van der Waals surface area contributed by atoms with Crippen molar-refractivity contribution < 1.29 is 17.9 Å². The molecular weight excluding hydrogens is 519 g/mol. The van der Waals surface area contributed by atoms with Crippen LogP contribution in [0.5, 0.6) is 0 Å². The Kier molecular flexibility index (Phi) is 6.43. The van der Waals surface area contributed by atoms with Gasteiger partial charge in [-0.25, -0.2) is 22.8 Å². The van der Waals surface area contributed by atoms with Gasteiger partial charge in [0.05, 0.1) is 57.8 Å². The topological polar surface area (TPSA) is 124 Å². The van der Waals surface area contributed by atoms with E-state index in [1.54, 1.807) is 13.0 Å². The van der Waals surface area contributed by atoms with Crippen molar-refractivity contribution in [3.05, 3.63) is 40.4 Å². The molecule has 0 saturated carbocycles. The molecule has 0 amide bonds. The van der Waals surface area contributed by atoms with E-state index in [0.717, 1.165) is 0 Å². The second kappa shape index (κ2) is 9.20. The highest BCUT2D eigenvalue weighted by atomic mass is 35.5. The van der Waals surface area contributed by atoms with E-state index in [4.69, 9.17) is 11.6 Å². The van der Waals surface area contributed by atoms with Crippen molar-refractivity contribution >= 4 is 38.5 Å². The Bertz CT molecular complexity index is 1550. The van der Waals surface area contributed by atoms with Gasteiger partial charge in [0.15, 0.2) is 0 Å². The third-order valence-corrected chi connectivity index (χ3v) is 9.07. The first-order valence-electron chi connectivity index (χ1n) is 12.1. The van der Waals surface area contributed by atoms with E-state index in [0.29, 0.717) is 47.3 Å². The lowest BCUT2D eigenvalue weighted by Crippen LogP contribution is -2.58. The molecule has 2 aromatic heterocycles. The summed E-state index contributed by atoms with van der Waals surface area (Å²) in [6, 6.07) is 4.03. The van der Waals surface area contributed by atoms with Crippen molar-refractivity contribution in [3.8, 4) is 17.3 Å². The molecule has 3 aromatic rings. The maximum Gasteiger partial charge on any atom is 0.223 e. The number of aliphatic hydroxyl groups excluding tert-OH is 1. The van der Waals surface area contributed by atoms with Gasteiger partial charge in [-0.15, -0.1) is 0 Å². The van der Waals surface area contributed by atoms with Crippen LogP contribution in [0.15, 0.2) is 18.3 Å². The molecule has 2 fully saturated rings. The summed E-state index contributed by atoms with van der Waals surface area (Å²) < 4.78 is 43.2. The van der Waals surface area contributed by atoms with Crippen LogP contribution in [0.2, 0.25) is 5.02 Å². The third-order valence-electron chi connectivity index (χ3n) is 7.46. The van der Waals surface area contributed by atoms with E-state index >= 15 is 4.39 Å². The summed E-state index contributed by atoms with van der Waals surface area (Å²) in [6.45, 7) is 5.72. The fourth-order valence-electron chi connectivity index (χ4n) is 6.05. The Labute approximate surface area is 219 Å². The summed E-state index contributed by atoms with van der Waals surface area (Å²) in [6.07, 6.45) is 3.31. The molecule has 12 heteroatoms. The molecule has 4 heterocycles. The highest BCUT2D eigenvalue weighted by Gasteiger charge is 2.50. The fraction of sp³-hybridized carbons (Fsp3) is 0.480. The van der Waals surface area contributed by atoms with Crippen LogP contribution >= 0.6 is 11.6 Å². The first kappa shape index (κ1) is 25.9. The van der Waals surface area contributed by atoms with Crippen LogP contribution in [0, 0.1) is 24.1 Å². The largest absolute Gasteiger partial charge is 0.389 e. The monoisotopic (exact) mass is 546 g/mol. The molecule has 9 nitrogen and oxygen atoms in total. The number of hydrogen-bond donors (Lipinski definition) is 2. The SMILES string of the molecule is Cc1c(C#N)c2c(F)cc(-c3nc(NC4C[C@H]5CC[C@@H]([C@H]4O)N5S(C)(=O)=O)ncc3Cl)cc2n1C(C)C. The predicted octanol–water partition coefficient (Wildman–Crippen LogP) is 3.99. The summed E-state index contributed by atoms with van der Waals surface area (Å²) in [5.74, 6) is -0.347. The lowest BCUT2D eigenvalue weighted by Gasteiger charge is -2.41. The molecule has 5 rings (SSSR count). The van der Waals surface area contributed by atoms with Crippen LogP contribution in [0.3, 0.4) is 0 Å². The fourth-order valence-corrected chi connectivity index (χ4v) is 7.70. The minimum Gasteiger partial charge on any atom is -0.389 e. The maximum atomic E-state index is 15.4. The van der Waals surface area contributed by atoms with Crippen molar-refractivity contribution in [2.75, 3.05) is 11.6 Å². The van der Waals surface area contributed by atoms with Crippen molar-refractivity contribution in [2.45, 2.75) is 70.3 Å². The van der Waals surface area contributed by atoms with Crippen LogP contribution in [-0.4, -0.2) is 62.8 Å². The molecule has 2 aliphatic heterocycles. The van der Waals surface area contributed by atoms with Gasteiger partial charge in [-0.1, -0.05) is 11.6 Å². The van der Waals surface area contributed by atoms with Crippen molar-refractivity contribution in [1.82, 2.24) is 18.8 Å². The number of aliphatic hydroxyl groups is 1. The van der Waals surface area contributed by atoms with Gasteiger partial charge in [-0.3, -0.25) is 0 Å². The zero-order valence-electron chi connectivity index (χ0n) is 20.9. The van der Waals surface area contributed by atoms with Gasteiger partial charge in [0.1, 0.15) is 11.9 Å². The Morgan fingerprint density at radius 3 is 2.70 bits per heavy atom. The number of fused-ring (bicyclic) bond motifs is 3. The Morgan fingerprint density at radius 2 is 2.05 bits per heavy atom. The number of benzene rings is 1. The molecule has 1 aromatic carbocycles. The summed E-state index contributed by atoms with van der Waals surface area (Å²) in [7, 11) is -3.44. The second-order valence-electron chi connectivity index (χ2n) is 10.1. The first-order chi connectivity index (χ1) is 17.4. The summed E-state index contributed by atoms with van der Waals surface area (Å²) >= 11 is 6.44. The Morgan fingerprint density at radius 1 is 1.32 bits per heavy atom. The number of hydrogen-bond acceptors (Lipinski definition) is 7. The van der Waals surface area contributed by atoms with Crippen molar-refractivity contribution in [3.63, 3.8) is 0 Å². The van der Waals surface area contributed by atoms with E-state index in [-0.39, 0.29) is 28.4 Å². The van der Waals surface area contributed by atoms with Gasteiger partial charge >= 0.3 is 0 Å². The molecule has 2 bridgehead atoms. The minimum atomic E-state index is -3.44. The number of halogens is 2. The first-order valence-corrected chi connectivity index (χ1v) is 14.3. The van der Waals surface area contributed by atoms with Gasteiger partial charge in [-0.05, 0) is 52.2 Å². The normalized spacial score (nSPS) is 24.1. The zero-order valence-corrected chi connectivity index (χ0v) is 22.5. The van der Waals surface area contributed by atoms with Crippen LogP contribution in [0.1, 0.15) is 50.4 Å². The van der Waals surface area contributed by atoms with E-state index in [1.165, 1.54) is 22.8 Å². The molecular formula is C25H28ClFN6O3S. The number of nitrogens with zero attached hydrogens (tertiary/aromatic N) is 5. The molecule has 0 radical (unpaired) electrons. The molecule has 2 aliphatic rings. The highest BCUT2D eigenvalue weighted by Crippen LogP contribution is 2.39. The van der Waals surface area contributed by atoms with Gasteiger partial charge in [-0.2, -0.15) is 9.57 Å². The molecule has 0 spiro atoms. The molecule has 2 saturated heterocycles. The summed E-state index contributed by atoms with van der Waals surface area (Å²) in [5.41, 5.74) is 2.29. The molecule has 196 valence electrons. The van der Waals surface area contributed by atoms with Gasteiger partial charge in [0.25, 0.3) is 0 Å². The van der Waals surface area contributed by atoms with Crippen LogP contribution in [0.4, 0.5) is 10.3 Å². The van der Waals surface area contributed by atoms with Crippen molar-refractivity contribution in [2.24, 2.45) is 0 Å². The maximum absolute atomic E-state index is 15.4. The number of nitriles is 1. The van der Waals surface area contributed by atoms with E-state index in [9.17, 15) is 18.8 Å². The molecule has 2 N–H and O–H groups in total. The molecule has 1 unspecified atom stereocenters. The smallest absolute Gasteiger partial charge is 0.223 e. The predicted molar refractivity (Wildman–Crippen MR) is 139 cm³/mol. The van der Waals surface area contributed by atoms with E-state index in [2.05, 4.69) is 21.4 Å². The lowest BCUT2D eigenvalue weighted by atomic mass is 9.96. The standard InChI is InChI=1S/C25H28ClFN6O3S/c1-12(2)32-13(3)16(10-28)22-18(27)7-14(8-21(22)32)23-17(26)11-29-25(31-23)30-19-9-15-5-6-20(24(19)34)33(15)37(4,35)36/h7-8,11-12,15,19-20,24,34H,5-6,9H2,1-4H3,(H,29,30,31)/t15-,19?,20+,24+/m1/s1. The number of sulfonamides is 1. The summed E-state index contributed by atoms with van der Waals surface area (Å²) in [4.78, 5) is 8.80. The van der Waals surface area contributed by atoms with Gasteiger partial charge < -0.3 is 15.0 Å². The number of piperidine rings is 1. The third kappa shape index (κ3) is 4.26. The van der Waals surface area contributed by atoms with E-state index < -0.39 is 34.0 Å². The molecule has 0 aliphatic carbocycles. The number of aromatic nitrogens is 3. The highest BCUT2D eigenvalue weighted by molar-refractivity contribution is 7.88. The van der Waals surface area contributed by atoms with Crippen LogP contribution in [0.25, 0.3) is 22.2 Å². The minimum absolute atomic E-state index is 0.00740. The Balaban J connectivity index is 1.51. The molecule has 4 atom stereocenters. The quantitative estimate of drug-likeness (QED) is 0.496. The summed E-state index contributed by atoms with van der Waals surface area (Å²) in [5, 5.41) is 24.2. The van der Waals surface area contributed by atoms with Crippen LogP contribution < -0.4 is 5.32 Å². The van der Waals surface area contributed by atoms with Gasteiger partial charge in [0, 0.05) is 23.3 Å². The number of nitrogens with one attached hydrogen (secondary N) is 1. The second-order valence-corrected chi connectivity index (χ2v) is 12.4.